The summed E-state index contributed by atoms with van der Waals surface area (Å²) < 4.78 is 40.2. The van der Waals surface area contributed by atoms with Crippen LogP contribution in [0, 0.1) is 0 Å². The Labute approximate surface area is 208 Å². The van der Waals surface area contributed by atoms with Gasteiger partial charge in [0.15, 0.2) is 30.1 Å². The molecule has 35 heavy (non-hydrogen) atoms. The minimum atomic E-state index is -0.799. The van der Waals surface area contributed by atoms with Crippen LogP contribution in [0.5, 0.6) is 0 Å². The van der Waals surface area contributed by atoms with Crippen molar-refractivity contribution in [2.45, 2.75) is 134 Å². The number of unbranched alkanes of at least 4 members (excludes halogenated alkanes) is 7. The highest BCUT2D eigenvalue weighted by atomic mass is 16.8. The molecule has 5 atom stereocenters. The fourth-order valence-corrected chi connectivity index (χ4v) is 4.78. The van der Waals surface area contributed by atoms with Crippen molar-refractivity contribution in [2.24, 2.45) is 0 Å². The van der Waals surface area contributed by atoms with Gasteiger partial charge in [-0.3, -0.25) is 9.59 Å². The first kappa shape index (κ1) is 28.1. The minimum absolute atomic E-state index is 0.221. The largest absolute Gasteiger partial charge is 0.456 e. The van der Waals surface area contributed by atoms with Crippen molar-refractivity contribution in [3.63, 3.8) is 0 Å². The molecule has 0 radical (unpaired) electrons. The second-order valence-electron chi connectivity index (χ2n) is 10.4. The summed E-state index contributed by atoms with van der Waals surface area (Å²) in [5, 5.41) is 0. The monoisotopic (exact) mass is 498 g/mol. The van der Waals surface area contributed by atoms with E-state index in [9.17, 15) is 9.59 Å². The van der Waals surface area contributed by atoms with Crippen molar-refractivity contribution in [3.8, 4) is 0 Å². The molecule has 0 aromatic carbocycles. The van der Waals surface area contributed by atoms with Crippen LogP contribution in [0.2, 0.25) is 0 Å². The Kier molecular flexibility index (Phi) is 10.1. The van der Waals surface area contributed by atoms with Crippen LogP contribution in [0.25, 0.3) is 0 Å². The highest BCUT2D eigenvalue weighted by Crippen LogP contribution is 2.42. The van der Waals surface area contributed by atoms with Gasteiger partial charge in [-0.25, -0.2) is 0 Å². The van der Waals surface area contributed by atoms with Crippen LogP contribution in [-0.4, -0.2) is 60.8 Å². The molecule has 3 aliphatic rings. The van der Waals surface area contributed by atoms with Gasteiger partial charge in [-0.05, 0) is 40.5 Å². The predicted octanol–water partition coefficient (Wildman–Crippen LogP) is 4.51. The van der Waals surface area contributed by atoms with Gasteiger partial charge in [0, 0.05) is 12.8 Å². The SMILES string of the molecule is C=COC(=O)CCCCCCCCCCC(=O)O[C@@H]1[C@H]2OC(C)(C)O[C@H]2O[C@@H]1C1COC(C)(C)O1. The Bertz CT molecular complexity index is 720. The van der Waals surface area contributed by atoms with Crippen molar-refractivity contribution in [1.29, 1.82) is 0 Å². The molecule has 3 saturated heterocycles. The van der Waals surface area contributed by atoms with Gasteiger partial charge in [0.05, 0.1) is 12.9 Å². The fraction of sp³-hybridized carbons (Fsp3) is 0.846. The number of hydrogen-bond acceptors (Lipinski definition) is 9. The van der Waals surface area contributed by atoms with Gasteiger partial charge in [-0.15, -0.1) is 0 Å². The molecule has 0 amide bonds. The minimum Gasteiger partial charge on any atom is -0.456 e. The average molecular weight is 499 g/mol. The van der Waals surface area contributed by atoms with Crippen molar-refractivity contribution in [3.05, 3.63) is 12.8 Å². The molecule has 0 aromatic heterocycles. The summed E-state index contributed by atoms with van der Waals surface area (Å²) in [6.45, 7) is 11.1. The molecule has 200 valence electrons. The standard InChI is InChI=1S/C26H42O9/c1-6-29-19(27)15-13-11-9-7-8-10-12-14-16-20(28)31-22-21(18-17-30-25(2,3)33-18)32-24-23(22)34-26(4,5)35-24/h6,18,21-24H,1,7-17H2,2-5H3/t18?,21-,22+,23-,24-/m1/s1. The summed E-state index contributed by atoms with van der Waals surface area (Å²) in [7, 11) is 0. The van der Waals surface area contributed by atoms with E-state index < -0.39 is 36.2 Å². The van der Waals surface area contributed by atoms with Gasteiger partial charge in [-0.2, -0.15) is 0 Å². The van der Waals surface area contributed by atoms with Crippen LogP contribution >= 0.6 is 0 Å². The van der Waals surface area contributed by atoms with Gasteiger partial charge in [0.25, 0.3) is 0 Å². The molecule has 1 unspecified atom stereocenters. The van der Waals surface area contributed by atoms with E-state index in [0.717, 1.165) is 51.4 Å². The molecule has 9 nitrogen and oxygen atoms in total. The van der Waals surface area contributed by atoms with Gasteiger partial charge < -0.3 is 33.2 Å². The van der Waals surface area contributed by atoms with Crippen molar-refractivity contribution in [2.75, 3.05) is 6.61 Å². The summed E-state index contributed by atoms with van der Waals surface area (Å²) in [6.07, 6.45) is 7.38. The molecule has 0 aliphatic carbocycles. The summed E-state index contributed by atoms with van der Waals surface area (Å²) in [6, 6.07) is 0. The Morgan fingerprint density at radius 3 is 2.00 bits per heavy atom. The molecular weight excluding hydrogens is 456 g/mol. The van der Waals surface area contributed by atoms with E-state index in [4.69, 9.17) is 33.2 Å². The lowest BCUT2D eigenvalue weighted by atomic mass is 10.1. The first-order chi connectivity index (χ1) is 16.6. The number of carbonyl (C=O) groups excluding carboxylic acids is 2. The maximum absolute atomic E-state index is 12.7. The number of hydrogen-bond donors (Lipinski definition) is 0. The third kappa shape index (κ3) is 8.53. The number of fused-ring (bicyclic) bond motifs is 1. The average Bonchev–Trinajstić information content (AvgIpc) is 3.39. The lowest BCUT2D eigenvalue weighted by Crippen LogP contribution is -2.45. The maximum atomic E-state index is 12.7. The molecule has 3 aliphatic heterocycles. The topological polar surface area (TPSA) is 98.8 Å². The maximum Gasteiger partial charge on any atom is 0.310 e. The third-order valence-corrected chi connectivity index (χ3v) is 6.42. The van der Waals surface area contributed by atoms with E-state index in [1.165, 1.54) is 6.26 Å². The molecule has 9 heteroatoms. The highest BCUT2D eigenvalue weighted by molar-refractivity contribution is 5.70. The van der Waals surface area contributed by atoms with E-state index in [1.807, 2.05) is 27.7 Å². The smallest absolute Gasteiger partial charge is 0.310 e. The van der Waals surface area contributed by atoms with E-state index in [1.54, 1.807) is 0 Å². The van der Waals surface area contributed by atoms with Crippen LogP contribution in [0.4, 0.5) is 0 Å². The van der Waals surface area contributed by atoms with Crippen LogP contribution in [0.1, 0.15) is 91.9 Å². The van der Waals surface area contributed by atoms with Crippen LogP contribution in [0.3, 0.4) is 0 Å². The Morgan fingerprint density at radius 2 is 1.43 bits per heavy atom. The number of carbonyl (C=O) groups is 2. The molecule has 3 fully saturated rings. The van der Waals surface area contributed by atoms with Crippen LogP contribution in [0.15, 0.2) is 12.8 Å². The Hall–Kier alpha value is -1.52. The van der Waals surface area contributed by atoms with Gasteiger partial charge in [0.2, 0.25) is 0 Å². The second-order valence-corrected chi connectivity index (χ2v) is 10.4. The van der Waals surface area contributed by atoms with Crippen LogP contribution in [-0.2, 0) is 42.7 Å². The van der Waals surface area contributed by atoms with Crippen molar-refractivity contribution < 1.29 is 42.7 Å². The zero-order valence-electron chi connectivity index (χ0n) is 21.6. The normalized spacial score (nSPS) is 30.7. The highest BCUT2D eigenvalue weighted by Gasteiger charge is 2.59. The second kappa shape index (κ2) is 12.6. The van der Waals surface area contributed by atoms with Crippen molar-refractivity contribution >= 4 is 11.9 Å². The van der Waals surface area contributed by atoms with Crippen LogP contribution < -0.4 is 0 Å². The summed E-state index contributed by atoms with van der Waals surface area (Å²) >= 11 is 0. The fourth-order valence-electron chi connectivity index (χ4n) is 4.78. The van der Waals surface area contributed by atoms with E-state index in [-0.39, 0.29) is 18.0 Å². The quantitative estimate of drug-likeness (QED) is 0.194. The number of esters is 2. The molecule has 0 aromatic rings. The Morgan fingerprint density at radius 1 is 0.829 bits per heavy atom. The zero-order valence-corrected chi connectivity index (χ0v) is 21.6. The summed E-state index contributed by atoms with van der Waals surface area (Å²) in [4.78, 5) is 23.9. The lowest BCUT2D eigenvalue weighted by molar-refractivity contribution is -0.235. The van der Waals surface area contributed by atoms with Gasteiger partial charge >= 0.3 is 11.9 Å². The first-order valence-electron chi connectivity index (χ1n) is 12.9. The van der Waals surface area contributed by atoms with Crippen molar-refractivity contribution in [1.82, 2.24) is 0 Å². The number of rotatable bonds is 14. The summed E-state index contributed by atoms with van der Waals surface area (Å²) in [5.41, 5.74) is 0. The third-order valence-electron chi connectivity index (χ3n) is 6.42. The summed E-state index contributed by atoms with van der Waals surface area (Å²) in [5.74, 6) is -1.99. The molecule has 0 spiro atoms. The Balaban J connectivity index is 1.33. The molecule has 0 bridgehead atoms. The molecule has 3 heterocycles. The predicted molar refractivity (Wildman–Crippen MR) is 126 cm³/mol. The first-order valence-corrected chi connectivity index (χ1v) is 12.9. The van der Waals surface area contributed by atoms with Gasteiger partial charge in [-0.1, -0.05) is 45.1 Å². The zero-order chi connectivity index (χ0) is 25.5. The molecular formula is C26H42O9. The molecule has 0 saturated carbocycles. The van der Waals surface area contributed by atoms with E-state index >= 15 is 0 Å². The van der Waals surface area contributed by atoms with Gasteiger partial charge in [0.1, 0.15) is 12.2 Å². The molecule has 0 N–H and O–H groups in total. The molecule has 3 rings (SSSR count). The van der Waals surface area contributed by atoms with E-state index in [0.29, 0.717) is 19.4 Å². The lowest BCUT2D eigenvalue weighted by Gasteiger charge is -2.28. The number of ether oxygens (including phenoxy) is 7. The van der Waals surface area contributed by atoms with E-state index in [2.05, 4.69) is 6.58 Å².